The highest BCUT2D eigenvalue weighted by Gasteiger charge is 2.28. The SMILES string of the molecule is CCCC(C)(C)NS(=O)(=O)c1ccc(Cl)c(CN)c1Cl. The molecule has 1 aromatic carbocycles. The monoisotopic (exact) mass is 338 g/mol. The summed E-state index contributed by atoms with van der Waals surface area (Å²) in [6.07, 6.45) is 1.60. The zero-order chi connectivity index (χ0) is 15.6. The van der Waals surface area contributed by atoms with E-state index < -0.39 is 15.6 Å². The summed E-state index contributed by atoms with van der Waals surface area (Å²) in [6.45, 7) is 5.75. The van der Waals surface area contributed by atoms with Crippen LogP contribution >= 0.6 is 23.2 Å². The van der Waals surface area contributed by atoms with Gasteiger partial charge in [0.15, 0.2) is 0 Å². The number of rotatable bonds is 6. The summed E-state index contributed by atoms with van der Waals surface area (Å²) in [5.41, 5.74) is 5.45. The van der Waals surface area contributed by atoms with Crippen molar-refractivity contribution in [3.05, 3.63) is 27.7 Å². The number of halogens is 2. The van der Waals surface area contributed by atoms with E-state index in [-0.39, 0.29) is 16.5 Å². The molecule has 1 aromatic rings. The predicted molar refractivity (Wildman–Crippen MR) is 83.7 cm³/mol. The van der Waals surface area contributed by atoms with Crippen molar-refractivity contribution in [3.63, 3.8) is 0 Å². The highest BCUT2D eigenvalue weighted by atomic mass is 35.5. The summed E-state index contributed by atoms with van der Waals surface area (Å²) in [7, 11) is -3.72. The summed E-state index contributed by atoms with van der Waals surface area (Å²) in [4.78, 5) is 0.00759. The van der Waals surface area contributed by atoms with E-state index in [9.17, 15) is 8.42 Å². The largest absolute Gasteiger partial charge is 0.326 e. The molecule has 0 bridgehead atoms. The lowest BCUT2D eigenvalue weighted by molar-refractivity contribution is 0.418. The number of hydrogen-bond donors (Lipinski definition) is 2. The minimum Gasteiger partial charge on any atom is -0.326 e. The molecule has 0 saturated carbocycles. The molecule has 0 saturated heterocycles. The van der Waals surface area contributed by atoms with E-state index in [0.717, 1.165) is 12.8 Å². The van der Waals surface area contributed by atoms with Crippen LogP contribution in [0.4, 0.5) is 0 Å². The van der Waals surface area contributed by atoms with Gasteiger partial charge in [0.2, 0.25) is 10.0 Å². The lowest BCUT2D eigenvalue weighted by Crippen LogP contribution is -2.43. The zero-order valence-corrected chi connectivity index (χ0v) is 14.2. The molecule has 0 radical (unpaired) electrons. The molecule has 7 heteroatoms. The van der Waals surface area contributed by atoms with Gasteiger partial charge < -0.3 is 5.73 Å². The van der Waals surface area contributed by atoms with Crippen LogP contribution in [0.3, 0.4) is 0 Å². The van der Waals surface area contributed by atoms with Gasteiger partial charge in [-0.1, -0.05) is 36.5 Å². The van der Waals surface area contributed by atoms with Crippen molar-refractivity contribution in [2.45, 2.75) is 50.6 Å². The number of nitrogens with one attached hydrogen (secondary N) is 1. The Kier molecular flexibility index (Phi) is 5.87. The Morgan fingerprint density at radius 3 is 2.40 bits per heavy atom. The predicted octanol–water partition coefficient (Wildman–Crippen LogP) is 3.31. The van der Waals surface area contributed by atoms with Gasteiger partial charge in [-0.3, -0.25) is 0 Å². The number of benzene rings is 1. The van der Waals surface area contributed by atoms with Gasteiger partial charge in [-0.25, -0.2) is 13.1 Å². The molecule has 0 unspecified atom stereocenters. The van der Waals surface area contributed by atoms with E-state index in [2.05, 4.69) is 4.72 Å². The van der Waals surface area contributed by atoms with Crippen molar-refractivity contribution >= 4 is 33.2 Å². The first kappa shape index (κ1) is 17.7. The minimum atomic E-state index is -3.72. The Balaban J connectivity index is 3.24. The van der Waals surface area contributed by atoms with Gasteiger partial charge in [0, 0.05) is 22.7 Å². The van der Waals surface area contributed by atoms with Crippen LogP contribution in [-0.4, -0.2) is 14.0 Å². The van der Waals surface area contributed by atoms with Crippen molar-refractivity contribution in [1.82, 2.24) is 4.72 Å². The van der Waals surface area contributed by atoms with Crippen LogP contribution in [0.2, 0.25) is 10.0 Å². The minimum absolute atomic E-state index is 0.00759. The maximum absolute atomic E-state index is 12.4. The van der Waals surface area contributed by atoms with E-state index in [1.54, 1.807) is 0 Å². The van der Waals surface area contributed by atoms with Gasteiger partial charge in [-0.15, -0.1) is 0 Å². The van der Waals surface area contributed by atoms with Crippen LogP contribution in [0.15, 0.2) is 17.0 Å². The first-order chi connectivity index (χ1) is 9.14. The van der Waals surface area contributed by atoms with Gasteiger partial charge in [0.1, 0.15) is 4.90 Å². The summed E-state index contributed by atoms with van der Waals surface area (Å²) in [5.74, 6) is 0. The molecule has 0 amide bonds. The molecular formula is C13H20Cl2N2O2S. The smallest absolute Gasteiger partial charge is 0.242 e. The Bertz CT molecular complexity index is 586. The Labute approximate surface area is 130 Å². The van der Waals surface area contributed by atoms with Crippen LogP contribution in [-0.2, 0) is 16.6 Å². The first-order valence-electron chi connectivity index (χ1n) is 6.35. The van der Waals surface area contributed by atoms with E-state index in [0.29, 0.717) is 10.6 Å². The third-order valence-electron chi connectivity index (χ3n) is 2.93. The van der Waals surface area contributed by atoms with Crippen LogP contribution in [0, 0.1) is 0 Å². The molecule has 0 aliphatic heterocycles. The summed E-state index contributed by atoms with van der Waals surface area (Å²) >= 11 is 12.1. The molecule has 20 heavy (non-hydrogen) atoms. The second-order valence-corrected chi connectivity index (χ2v) is 7.72. The Morgan fingerprint density at radius 2 is 1.90 bits per heavy atom. The van der Waals surface area contributed by atoms with Gasteiger partial charge in [-0.2, -0.15) is 0 Å². The lowest BCUT2D eigenvalue weighted by Gasteiger charge is -2.26. The molecule has 3 N–H and O–H groups in total. The molecule has 0 fully saturated rings. The molecule has 0 aliphatic carbocycles. The first-order valence-corrected chi connectivity index (χ1v) is 8.59. The maximum Gasteiger partial charge on any atom is 0.242 e. The third-order valence-corrected chi connectivity index (χ3v) is 5.57. The van der Waals surface area contributed by atoms with E-state index in [4.69, 9.17) is 28.9 Å². The van der Waals surface area contributed by atoms with Crippen molar-refractivity contribution in [1.29, 1.82) is 0 Å². The van der Waals surface area contributed by atoms with Crippen molar-refractivity contribution in [2.24, 2.45) is 5.73 Å². The quantitative estimate of drug-likeness (QED) is 0.835. The van der Waals surface area contributed by atoms with Crippen molar-refractivity contribution < 1.29 is 8.42 Å². The topological polar surface area (TPSA) is 72.2 Å². The number of hydrogen-bond acceptors (Lipinski definition) is 3. The van der Waals surface area contributed by atoms with Crippen LogP contribution in [0.5, 0.6) is 0 Å². The van der Waals surface area contributed by atoms with Gasteiger partial charge >= 0.3 is 0 Å². The van der Waals surface area contributed by atoms with Gasteiger partial charge in [0.25, 0.3) is 0 Å². The summed E-state index contributed by atoms with van der Waals surface area (Å²) < 4.78 is 27.6. The number of sulfonamides is 1. The molecule has 1 rings (SSSR count). The highest BCUT2D eigenvalue weighted by Crippen LogP contribution is 2.31. The van der Waals surface area contributed by atoms with Gasteiger partial charge in [0.05, 0.1) is 5.02 Å². The molecule has 0 spiro atoms. The lowest BCUT2D eigenvalue weighted by atomic mass is 10.0. The molecule has 0 aromatic heterocycles. The normalized spacial score (nSPS) is 12.7. The van der Waals surface area contributed by atoms with Crippen molar-refractivity contribution in [2.75, 3.05) is 0 Å². The van der Waals surface area contributed by atoms with Crippen molar-refractivity contribution in [3.8, 4) is 0 Å². The van der Waals surface area contributed by atoms with E-state index in [1.165, 1.54) is 12.1 Å². The number of nitrogens with two attached hydrogens (primary N) is 1. The van der Waals surface area contributed by atoms with Crippen LogP contribution in [0.1, 0.15) is 39.2 Å². The molecule has 114 valence electrons. The Morgan fingerprint density at radius 1 is 1.30 bits per heavy atom. The fourth-order valence-electron chi connectivity index (χ4n) is 2.07. The molecule has 0 heterocycles. The highest BCUT2D eigenvalue weighted by molar-refractivity contribution is 7.89. The standard InChI is InChI=1S/C13H20Cl2N2O2S/c1-4-7-13(2,3)17-20(18,19)11-6-5-10(14)9(8-16)12(11)15/h5-6,17H,4,7-8,16H2,1-3H3. The average molecular weight is 339 g/mol. The molecule has 4 nitrogen and oxygen atoms in total. The fraction of sp³-hybridized carbons (Fsp3) is 0.538. The summed E-state index contributed by atoms with van der Waals surface area (Å²) in [5, 5.41) is 0.448. The maximum atomic E-state index is 12.4. The van der Waals surface area contributed by atoms with Crippen LogP contribution in [0.25, 0.3) is 0 Å². The fourth-order valence-corrected chi connectivity index (χ4v) is 4.44. The summed E-state index contributed by atoms with van der Waals surface area (Å²) in [6, 6.07) is 2.89. The van der Waals surface area contributed by atoms with E-state index in [1.807, 2.05) is 20.8 Å². The average Bonchev–Trinajstić information content (AvgIpc) is 2.27. The second kappa shape index (κ2) is 6.62. The second-order valence-electron chi connectivity index (χ2n) is 5.28. The molecule has 0 atom stereocenters. The van der Waals surface area contributed by atoms with E-state index >= 15 is 0 Å². The molecule has 0 aliphatic rings. The zero-order valence-electron chi connectivity index (χ0n) is 11.8. The Hall–Kier alpha value is -0.330. The van der Waals surface area contributed by atoms with Crippen LogP contribution < -0.4 is 10.5 Å². The molecular weight excluding hydrogens is 319 g/mol. The third kappa shape index (κ3) is 4.09. The van der Waals surface area contributed by atoms with Gasteiger partial charge in [-0.05, 0) is 32.4 Å².